The van der Waals surface area contributed by atoms with Crippen molar-refractivity contribution < 1.29 is 33.6 Å². The first kappa shape index (κ1) is 25.0. The van der Waals surface area contributed by atoms with Crippen molar-refractivity contribution in [3.63, 3.8) is 0 Å². The van der Waals surface area contributed by atoms with Crippen molar-refractivity contribution in [3.05, 3.63) is 95.9 Å². The third-order valence-corrected chi connectivity index (χ3v) is 6.74. The molecule has 2 amide bonds. The van der Waals surface area contributed by atoms with Crippen LogP contribution in [0.1, 0.15) is 11.1 Å². The standard InChI is InChI=1S/C24H14ClN3O9S/c25-17-10-21-20(35-12-36-21)8-14(17)11-26-23(29)22(38-24(26)30)7-13-2-1-3-16(6-13)37-19-5-4-15(27(31)32)9-18(19)28(33)34/h1-10H,11-12H2/b22-7-. The number of nitrogens with zero attached hydrogens (tertiary/aromatic N) is 3. The number of hydrogen-bond donors (Lipinski definition) is 0. The van der Waals surface area contributed by atoms with Crippen LogP contribution in [0.15, 0.2) is 59.5 Å². The maximum absolute atomic E-state index is 13.0. The van der Waals surface area contributed by atoms with Gasteiger partial charge in [0.05, 0.1) is 27.4 Å². The average Bonchev–Trinajstić information content (AvgIpc) is 3.43. The van der Waals surface area contributed by atoms with E-state index in [9.17, 15) is 29.8 Å². The van der Waals surface area contributed by atoms with Gasteiger partial charge in [-0.3, -0.25) is 34.7 Å². The van der Waals surface area contributed by atoms with E-state index >= 15 is 0 Å². The highest BCUT2D eigenvalue weighted by molar-refractivity contribution is 8.18. The van der Waals surface area contributed by atoms with Crippen LogP contribution in [0.25, 0.3) is 6.08 Å². The summed E-state index contributed by atoms with van der Waals surface area (Å²) in [6.45, 7) is -0.00973. The van der Waals surface area contributed by atoms with E-state index in [2.05, 4.69) is 0 Å². The minimum absolute atomic E-state index is 0.0553. The smallest absolute Gasteiger partial charge is 0.318 e. The van der Waals surface area contributed by atoms with Crippen molar-refractivity contribution >= 4 is 52.0 Å². The van der Waals surface area contributed by atoms with Crippen LogP contribution in [0.5, 0.6) is 23.0 Å². The maximum atomic E-state index is 13.0. The van der Waals surface area contributed by atoms with Gasteiger partial charge in [0.2, 0.25) is 12.5 Å². The van der Waals surface area contributed by atoms with Crippen LogP contribution in [0.3, 0.4) is 0 Å². The van der Waals surface area contributed by atoms with E-state index in [0.29, 0.717) is 27.6 Å². The molecule has 1 fully saturated rings. The fourth-order valence-corrected chi connectivity index (χ4v) is 4.73. The van der Waals surface area contributed by atoms with Crippen molar-refractivity contribution in [2.75, 3.05) is 6.79 Å². The quantitative estimate of drug-likeness (QED) is 0.195. The highest BCUT2D eigenvalue weighted by Crippen LogP contribution is 2.40. The zero-order chi connectivity index (χ0) is 27.0. The molecule has 3 aromatic rings. The number of carbonyl (C=O) groups excluding carboxylic acids is 2. The summed E-state index contributed by atoms with van der Waals surface area (Å²) in [4.78, 5) is 47.6. The Hall–Kier alpha value is -4.62. The third-order valence-electron chi connectivity index (χ3n) is 5.48. The number of benzene rings is 3. The molecule has 1 saturated heterocycles. The van der Waals surface area contributed by atoms with Gasteiger partial charge in [0.15, 0.2) is 11.5 Å². The second-order valence-corrected chi connectivity index (χ2v) is 9.31. The van der Waals surface area contributed by atoms with Gasteiger partial charge in [-0.1, -0.05) is 23.7 Å². The van der Waals surface area contributed by atoms with Crippen LogP contribution < -0.4 is 14.2 Å². The number of fused-ring (bicyclic) bond motifs is 1. The van der Waals surface area contributed by atoms with E-state index in [4.69, 9.17) is 25.8 Å². The van der Waals surface area contributed by atoms with Gasteiger partial charge in [0.1, 0.15) is 5.75 Å². The lowest BCUT2D eigenvalue weighted by Crippen LogP contribution is -2.27. The Morgan fingerprint density at radius 1 is 1.03 bits per heavy atom. The first-order valence-electron chi connectivity index (χ1n) is 10.7. The first-order valence-corrected chi connectivity index (χ1v) is 11.9. The van der Waals surface area contributed by atoms with Crippen LogP contribution in [-0.4, -0.2) is 32.7 Å². The van der Waals surface area contributed by atoms with E-state index in [1.807, 2.05) is 0 Å². The Labute approximate surface area is 222 Å². The number of halogens is 1. The molecule has 0 N–H and O–H groups in total. The molecule has 0 spiro atoms. The number of imide groups is 1. The molecule has 14 heteroatoms. The summed E-state index contributed by atoms with van der Waals surface area (Å²) in [5.41, 5.74) is -0.0262. The number of nitro groups is 2. The highest BCUT2D eigenvalue weighted by Gasteiger charge is 2.36. The molecular formula is C24H14ClN3O9S. The molecule has 0 radical (unpaired) electrons. The third kappa shape index (κ3) is 4.96. The summed E-state index contributed by atoms with van der Waals surface area (Å²) in [5.74, 6) is 0.415. The molecule has 192 valence electrons. The number of rotatable bonds is 7. The topological polar surface area (TPSA) is 151 Å². The Morgan fingerprint density at radius 3 is 2.53 bits per heavy atom. The van der Waals surface area contributed by atoms with Crippen LogP contribution in [0.2, 0.25) is 5.02 Å². The second kappa shape index (κ2) is 10.0. The molecule has 2 aliphatic heterocycles. The molecule has 2 heterocycles. The van der Waals surface area contributed by atoms with Gasteiger partial charge in [0.25, 0.3) is 16.8 Å². The van der Waals surface area contributed by atoms with E-state index in [0.717, 1.165) is 34.9 Å². The summed E-state index contributed by atoms with van der Waals surface area (Å²) in [6, 6.07) is 12.5. The zero-order valence-corrected chi connectivity index (χ0v) is 20.6. The summed E-state index contributed by atoms with van der Waals surface area (Å²) in [5, 5.41) is 22.2. The van der Waals surface area contributed by atoms with Crippen molar-refractivity contribution in [2.24, 2.45) is 0 Å². The van der Waals surface area contributed by atoms with Crippen molar-refractivity contribution in [2.45, 2.75) is 6.54 Å². The zero-order valence-electron chi connectivity index (χ0n) is 19.0. The molecule has 0 saturated carbocycles. The van der Waals surface area contributed by atoms with Gasteiger partial charge in [-0.05, 0) is 53.2 Å². The van der Waals surface area contributed by atoms with Crippen LogP contribution in [0, 0.1) is 20.2 Å². The van der Waals surface area contributed by atoms with Crippen molar-refractivity contribution in [3.8, 4) is 23.0 Å². The molecule has 0 aromatic heterocycles. The van der Waals surface area contributed by atoms with Crippen molar-refractivity contribution in [1.29, 1.82) is 0 Å². The summed E-state index contributed by atoms with van der Waals surface area (Å²) < 4.78 is 16.2. The molecule has 38 heavy (non-hydrogen) atoms. The van der Waals surface area contributed by atoms with Gasteiger partial charge in [0, 0.05) is 17.2 Å². The number of hydrogen-bond acceptors (Lipinski definition) is 10. The number of amides is 2. The normalized spacial score (nSPS) is 15.3. The maximum Gasteiger partial charge on any atom is 0.318 e. The Balaban J connectivity index is 1.35. The molecule has 0 unspecified atom stereocenters. The number of thioether (sulfide) groups is 1. The molecular weight excluding hydrogens is 542 g/mol. The molecule has 0 atom stereocenters. The minimum Gasteiger partial charge on any atom is -0.454 e. The molecule has 0 bridgehead atoms. The first-order chi connectivity index (χ1) is 18.2. The van der Waals surface area contributed by atoms with Crippen LogP contribution in [-0.2, 0) is 11.3 Å². The molecule has 3 aromatic carbocycles. The van der Waals surface area contributed by atoms with Gasteiger partial charge >= 0.3 is 5.69 Å². The molecule has 0 aliphatic carbocycles. The molecule has 12 nitrogen and oxygen atoms in total. The van der Waals surface area contributed by atoms with E-state index in [-0.39, 0.29) is 29.7 Å². The van der Waals surface area contributed by atoms with Crippen LogP contribution in [0.4, 0.5) is 16.2 Å². The second-order valence-electron chi connectivity index (χ2n) is 7.91. The van der Waals surface area contributed by atoms with Gasteiger partial charge in [-0.25, -0.2) is 0 Å². The number of nitro benzene ring substituents is 2. The van der Waals surface area contributed by atoms with E-state index in [1.165, 1.54) is 18.2 Å². The van der Waals surface area contributed by atoms with Gasteiger partial charge < -0.3 is 14.2 Å². The SMILES string of the molecule is O=C1S/C(=C\c2cccc(Oc3ccc([N+](=O)[O-])cc3[N+](=O)[O-])c2)C(=O)N1Cc1cc2c(cc1Cl)OCO2. The lowest BCUT2D eigenvalue weighted by Gasteiger charge is -2.14. The fraction of sp³-hybridized carbons (Fsp3) is 0.0833. The minimum atomic E-state index is -0.783. The predicted molar refractivity (Wildman–Crippen MR) is 135 cm³/mol. The lowest BCUT2D eigenvalue weighted by molar-refractivity contribution is -0.394. The van der Waals surface area contributed by atoms with Crippen LogP contribution >= 0.6 is 23.4 Å². The Morgan fingerprint density at radius 2 is 1.79 bits per heavy atom. The van der Waals surface area contributed by atoms with Gasteiger partial charge in [-0.2, -0.15) is 0 Å². The highest BCUT2D eigenvalue weighted by atomic mass is 35.5. The van der Waals surface area contributed by atoms with Gasteiger partial charge in [-0.15, -0.1) is 0 Å². The number of non-ortho nitro benzene ring substituents is 1. The lowest BCUT2D eigenvalue weighted by atomic mass is 10.1. The largest absolute Gasteiger partial charge is 0.454 e. The number of ether oxygens (including phenoxy) is 3. The monoisotopic (exact) mass is 555 g/mol. The predicted octanol–water partition coefficient (Wildman–Crippen LogP) is 5.91. The summed E-state index contributed by atoms with van der Waals surface area (Å²) >= 11 is 7.04. The average molecular weight is 556 g/mol. The summed E-state index contributed by atoms with van der Waals surface area (Å²) in [7, 11) is 0. The van der Waals surface area contributed by atoms with E-state index < -0.39 is 32.4 Å². The Bertz CT molecular complexity index is 1560. The molecule has 2 aliphatic rings. The Kier molecular flexibility index (Phi) is 6.61. The summed E-state index contributed by atoms with van der Waals surface area (Å²) in [6.07, 6.45) is 1.49. The number of carbonyl (C=O) groups is 2. The fourth-order valence-electron chi connectivity index (χ4n) is 3.68. The van der Waals surface area contributed by atoms with Crippen molar-refractivity contribution in [1.82, 2.24) is 4.90 Å². The van der Waals surface area contributed by atoms with E-state index in [1.54, 1.807) is 24.3 Å². The molecule has 5 rings (SSSR count).